The summed E-state index contributed by atoms with van der Waals surface area (Å²) in [6.45, 7) is 3.20. The van der Waals surface area contributed by atoms with Crippen molar-refractivity contribution in [2.45, 2.75) is 38.6 Å². The fraction of sp³-hybridized carbons (Fsp3) is 0.500. The minimum atomic E-state index is -0.385. The Morgan fingerprint density at radius 2 is 1.92 bits per heavy atom. The molecule has 0 atom stereocenters. The minimum absolute atomic E-state index is 0.0363. The SMILES string of the molecule is COC(=O)CCC(=O)NC1CCN(C(=O)c2cccc(C)c2)CC1. The van der Waals surface area contributed by atoms with Crippen molar-refractivity contribution in [1.82, 2.24) is 10.2 Å². The van der Waals surface area contributed by atoms with Gasteiger partial charge in [-0.15, -0.1) is 0 Å². The Bertz CT molecular complexity index is 607. The average molecular weight is 332 g/mol. The third-order valence-electron chi connectivity index (χ3n) is 4.20. The number of hydrogen-bond donors (Lipinski definition) is 1. The number of methoxy groups -OCH3 is 1. The second kappa shape index (κ2) is 8.47. The summed E-state index contributed by atoms with van der Waals surface area (Å²) in [5, 5.41) is 2.92. The van der Waals surface area contributed by atoms with Crippen molar-refractivity contribution in [2.75, 3.05) is 20.2 Å². The topological polar surface area (TPSA) is 75.7 Å². The predicted molar refractivity (Wildman–Crippen MR) is 89.5 cm³/mol. The van der Waals surface area contributed by atoms with Gasteiger partial charge in [-0.1, -0.05) is 17.7 Å². The summed E-state index contributed by atoms with van der Waals surface area (Å²) in [6, 6.07) is 7.62. The predicted octanol–water partition coefficient (Wildman–Crippen LogP) is 1.67. The van der Waals surface area contributed by atoms with Gasteiger partial charge in [-0.25, -0.2) is 0 Å². The van der Waals surface area contributed by atoms with Crippen LogP contribution in [0.25, 0.3) is 0 Å². The molecule has 2 rings (SSSR count). The molecule has 1 heterocycles. The van der Waals surface area contributed by atoms with Crippen molar-refractivity contribution in [3.05, 3.63) is 35.4 Å². The third kappa shape index (κ3) is 5.08. The number of hydrogen-bond acceptors (Lipinski definition) is 4. The highest BCUT2D eigenvalue weighted by atomic mass is 16.5. The molecule has 24 heavy (non-hydrogen) atoms. The molecule has 1 fully saturated rings. The Kier molecular flexibility index (Phi) is 6.35. The van der Waals surface area contributed by atoms with Gasteiger partial charge in [0.15, 0.2) is 0 Å². The van der Waals surface area contributed by atoms with E-state index in [1.54, 1.807) is 0 Å². The number of aryl methyl sites for hydroxylation is 1. The van der Waals surface area contributed by atoms with Gasteiger partial charge in [0.2, 0.25) is 5.91 Å². The summed E-state index contributed by atoms with van der Waals surface area (Å²) < 4.78 is 4.52. The molecule has 0 aromatic heterocycles. The van der Waals surface area contributed by atoms with E-state index in [4.69, 9.17) is 0 Å². The molecule has 0 spiro atoms. The number of esters is 1. The second-order valence-electron chi connectivity index (χ2n) is 6.08. The van der Waals surface area contributed by atoms with Gasteiger partial charge in [0.05, 0.1) is 13.5 Å². The number of carbonyl (C=O) groups is 3. The molecule has 0 unspecified atom stereocenters. The molecule has 1 N–H and O–H groups in total. The molecule has 1 aliphatic heterocycles. The Morgan fingerprint density at radius 1 is 1.21 bits per heavy atom. The first kappa shape index (κ1) is 18.0. The highest BCUT2D eigenvalue weighted by Gasteiger charge is 2.24. The van der Waals surface area contributed by atoms with Crippen molar-refractivity contribution >= 4 is 17.8 Å². The number of nitrogens with one attached hydrogen (secondary N) is 1. The number of rotatable bonds is 5. The van der Waals surface area contributed by atoms with Gasteiger partial charge in [-0.05, 0) is 31.9 Å². The zero-order chi connectivity index (χ0) is 17.5. The highest BCUT2D eigenvalue weighted by Crippen LogP contribution is 2.15. The van der Waals surface area contributed by atoms with E-state index in [1.165, 1.54) is 7.11 Å². The van der Waals surface area contributed by atoms with E-state index < -0.39 is 0 Å². The highest BCUT2D eigenvalue weighted by molar-refractivity contribution is 5.94. The van der Waals surface area contributed by atoms with Crippen LogP contribution in [0.5, 0.6) is 0 Å². The van der Waals surface area contributed by atoms with Crippen LogP contribution in [-0.4, -0.2) is 48.9 Å². The van der Waals surface area contributed by atoms with Crippen LogP contribution in [0.2, 0.25) is 0 Å². The van der Waals surface area contributed by atoms with Crippen molar-refractivity contribution in [1.29, 1.82) is 0 Å². The molecular weight excluding hydrogens is 308 g/mol. The van der Waals surface area contributed by atoms with E-state index >= 15 is 0 Å². The normalized spacial score (nSPS) is 15.0. The monoisotopic (exact) mass is 332 g/mol. The quantitative estimate of drug-likeness (QED) is 0.832. The van der Waals surface area contributed by atoms with E-state index in [2.05, 4.69) is 10.1 Å². The summed E-state index contributed by atoms with van der Waals surface area (Å²) in [4.78, 5) is 37.1. The first-order valence-corrected chi connectivity index (χ1v) is 8.21. The maximum absolute atomic E-state index is 12.5. The molecule has 0 radical (unpaired) electrons. The lowest BCUT2D eigenvalue weighted by Gasteiger charge is -2.32. The van der Waals surface area contributed by atoms with Crippen LogP contribution >= 0.6 is 0 Å². The molecule has 130 valence electrons. The van der Waals surface area contributed by atoms with Gasteiger partial charge < -0.3 is 15.0 Å². The van der Waals surface area contributed by atoms with Crippen molar-refractivity contribution in [2.24, 2.45) is 0 Å². The zero-order valence-electron chi connectivity index (χ0n) is 14.2. The first-order chi connectivity index (χ1) is 11.5. The summed E-state index contributed by atoms with van der Waals surface area (Å²) in [5.41, 5.74) is 1.77. The second-order valence-corrected chi connectivity index (χ2v) is 6.08. The maximum atomic E-state index is 12.5. The number of carbonyl (C=O) groups excluding carboxylic acids is 3. The number of nitrogens with zero attached hydrogens (tertiary/aromatic N) is 1. The molecule has 6 heteroatoms. The number of piperidine rings is 1. The number of benzene rings is 1. The van der Waals surface area contributed by atoms with Crippen LogP contribution in [0.15, 0.2) is 24.3 Å². The van der Waals surface area contributed by atoms with Gasteiger partial charge in [-0.3, -0.25) is 14.4 Å². The third-order valence-corrected chi connectivity index (χ3v) is 4.20. The maximum Gasteiger partial charge on any atom is 0.306 e. The summed E-state index contributed by atoms with van der Waals surface area (Å²) in [7, 11) is 1.31. The molecule has 0 saturated carbocycles. The molecule has 0 aliphatic carbocycles. The average Bonchev–Trinajstić information content (AvgIpc) is 2.59. The van der Waals surface area contributed by atoms with E-state index in [1.807, 2.05) is 36.1 Å². The minimum Gasteiger partial charge on any atom is -0.469 e. The van der Waals surface area contributed by atoms with E-state index in [0.29, 0.717) is 18.7 Å². The van der Waals surface area contributed by atoms with E-state index in [9.17, 15) is 14.4 Å². The molecule has 0 bridgehead atoms. The zero-order valence-corrected chi connectivity index (χ0v) is 14.2. The number of ether oxygens (including phenoxy) is 1. The van der Waals surface area contributed by atoms with Gasteiger partial charge in [0, 0.05) is 31.1 Å². The lowest BCUT2D eigenvalue weighted by molar-refractivity contribution is -0.142. The molecule has 6 nitrogen and oxygen atoms in total. The van der Waals surface area contributed by atoms with Crippen LogP contribution in [0, 0.1) is 6.92 Å². The van der Waals surface area contributed by atoms with Crippen LogP contribution in [0.3, 0.4) is 0 Å². The van der Waals surface area contributed by atoms with Crippen LogP contribution in [0.4, 0.5) is 0 Å². The molecule has 1 aromatic carbocycles. The molecule has 1 saturated heterocycles. The summed E-state index contributed by atoms with van der Waals surface area (Å²) in [6.07, 6.45) is 1.67. The Morgan fingerprint density at radius 3 is 2.54 bits per heavy atom. The fourth-order valence-corrected chi connectivity index (χ4v) is 2.81. The van der Waals surface area contributed by atoms with Crippen molar-refractivity contribution in [3.8, 4) is 0 Å². The van der Waals surface area contributed by atoms with E-state index in [-0.39, 0.29) is 36.7 Å². The van der Waals surface area contributed by atoms with Crippen LogP contribution in [-0.2, 0) is 14.3 Å². The standard InChI is InChI=1S/C18H24N2O4/c1-13-4-3-5-14(12-13)18(23)20-10-8-15(9-11-20)19-16(21)6-7-17(22)24-2/h3-5,12,15H,6-11H2,1-2H3,(H,19,21). The lowest BCUT2D eigenvalue weighted by Crippen LogP contribution is -2.46. The smallest absolute Gasteiger partial charge is 0.306 e. The Labute approximate surface area is 142 Å². The molecule has 2 amide bonds. The van der Waals surface area contributed by atoms with Crippen LogP contribution < -0.4 is 5.32 Å². The number of likely N-dealkylation sites (tertiary alicyclic amines) is 1. The van der Waals surface area contributed by atoms with E-state index in [0.717, 1.165) is 18.4 Å². The fourth-order valence-electron chi connectivity index (χ4n) is 2.81. The molecule has 1 aromatic rings. The summed E-state index contributed by atoms with van der Waals surface area (Å²) >= 11 is 0. The molecule has 1 aliphatic rings. The Balaban J connectivity index is 1.78. The van der Waals surface area contributed by atoms with Gasteiger partial charge >= 0.3 is 5.97 Å². The lowest BCUT2D eigenvalue weighted by atomic mass is 10.0. The van der Waals surface area contributed by atoms with Gasteiger partial charge in [0.25, 0.3) is 5.91 Å². The van der Waals surface area contributed by atoms with Crippen molar-refractivity contribution in [3.63, 3.8) is 0 Å². The van der Waals surface area contributed by atoms with Gasteiger partial charge in [0.1, 0.15) is 0 Å². The Hall–Kier alpha value is -2.37. The first-order valence-electron chi connectivity index (χ1n) is 8.21. The van der Waals surface area contributed by atoms with Gasteiger partial charge in [-0.2, -0.15) is 0 Å². The van der Waals surface area contributed by atoms with Crippen molar-refractivity contribution < 1.29 is 19.1 Å². The van der Waals surface area contributed by atoms with Crippen LogP contribution in [0.1, 0.15) is 41.6 Å². The summed E-state index contributed by atoms with van der Waals surface area (Å²) in [5.74, 6) is -0.498. The molecular formula is C18H24N2O4. The number of amides is 2. The largest absolute Gasteiger partial charge is 0.469 e.